The van der Waals surface area contributed by atoms with Crippen LogP contribution >= 0.6 is 11.3 Å². The van der Waals surface area contributed by atoms with Gasteiger partial charge in [-0.3, -0.25) is 0 Å². The fraction of sp³-hybridized carbons (Fsp3) is 0. The van der Waals surface area contributed by atoms with E-state index < -0.39 is 0 Å². The van der Waals surface area contributed by atoms with Crippen LogP contribution in [0.25, 0.3) is 86.2 Å². The summed E-state index contributed by atoms with van der Waals surface area (Å²) < 4.78 is 2.63. The molecular weight excluding hydrogens is 719 g/mol. The molecular formula is C56H37NS. The monoisotopic (exact) mass is 755 g/mol. The van der Waals surface area contributed by atoms with Gasteiger partial charge in [0.1, 0.15) is 0 Å². The molecule has 0 saturated carbocycles. The third-order valence-corrected chi connectivity index (χ3v) is 12.6. The summed E-state index contributed by atoms with van der Waals surface area (Å²) in [6, 6.07) is 82.0. The molecule has 1 aromatic heterocycles. The normalized spacial score (nSPS) is 11.4. The van der Waals surface area contributed by atoms with Crippen molar-refractivity contribution in [2.75, 3.05) is 4.90 Å². The molecule has 0 unspecified atom stereocenters. The zero-order chi connectivity index (χ0) is 38.4. The fourth-order valence-electron chi connectivity index (χ4n) is 8.81. The summed E-state index contributed by atoms with van der Waals surface area (Å²) in [5, 5.41) is 7.62. The molecule has 0 aliphatic heterocycles. The van der Waals surface area contributed by atoms with E-state index in [1.54, 1.807) is 0 Å². The molecule has 0 amide bonds. The number of thiophene rings is 1. The summed E-state index contributed by atoms with van der Waals surface area (Å²) in [6.45, 7) is 0. The minimum absolute atomic E-state index is 1.10. The quantitative estimate of drug-likeness (QED) is 0.146. The highest BCUT2D eigenvalue weighted by atomic mass is 32.1. The molecule has 0 N–H and O–H groups in total. The van der Waals surface area contributed by atoms with Crippen molar-refractivity contribution < 1.29 is 0 Å². The van der Waals surface area contributed by atoms with Gasteiger partial charge in [0.15, 0.2) is 0 Å². The van der Waals surface area contributed by atoms with Gasteiger partial charge >= 0.3 is 0 Å². The van der Waals surface area contributed by atoms with Gasteiger partial charge in [-0.2, -0.15) is 0 Å². The lowest BCUT2D eigenvalue weighted by Crippen LogP contribution is -2.11. The largest absolute Gasteiger partial charge is 0.310 e. The van der Waals surface area contributed by atoms with Crippen molar-refractivity contribution in [3.05, 3.63) is 224 Å². The number of rotatable bonds is 7. The Kier molecular flexibility index (Phi) is 8.42. The van der Waals surface area contributed by atoms with Gasteiger partial charge in [0.25, 0.3) is 0 Å². The lowest BCUT2D eigenvalue weighted by molar-refractivity contribution is 1.29. The maximum Gasteiger partial charge on any atom is 0.0540 e. The minimum atomic E-state index is 1.10. The molecule has 0 fully saturated rings. The Morgan fingerprint density at radius 2 is 0.828 bits per heavy atom. The van der Waals surface area contributed by atoms with Crippen LogP contribution in [0.2, 0.25) is 0 Å². The molecule has 0 aliphatic rings. The van der Waals surface area contributed by atoms with E-state index in [-0.39, 0.29) is 0 Å². The standard InChI is InChI=1S/C56H37NS/c1-2-15-38(16-3-1)45-19-6-7-20-48(45)49-21-8-9-22-50(49)51-23-10-12-26-53(51)57(43-35-36-46-41(37-43)30-29-39-17-4-5-18-44(39)46)42-33-31-40(32-34-42)47-25-14-28-55-56(47)52-24-11-13-27-54(52)58-55/h1-37H. The van der Waals surface area contributed by atoms with Crippen LogP contribution in [0, 0.1) is 0 Å². The highest BCUT2D eigenvalue weighted by molar-refractivity contribution is 7.25. The molecule has 0 bridgehead atoms. The van der Waals surface area contributed by atoms with Crippen LogP contribution < -0.4 is 4.90 Å². The summed E-state index contributed by atoms with van der Waals surface area (Å²) in [4.78, 5) is 2.44. The molecule has 0 atom stereocenters. The third-order valence-electron chi connectivity index (χ3n) is 11.5. The van der Waals surface area contributed by atoms with E-state index >= 15 is 0 Å². The summed E-state index contributed by atoms with van der Waals surface area (Å²) in [6.07, 6.45) is 0. The lowest BCUT2D eigenvalue weighted by Gasteiger charge is -2.29. The van der Waals surface area contributed by atoms with Crippen LogP contribution in [-0.2, 0) is 0 Å². The van der Waals surface area contributed by atoms with Crippen LogP contribution in [-0.4, -0.2) is 0 Å². The lowest BCUT2D eigenvalue weighted by atomic mass is 9.88. The van der Waals surface area contributed by atoms with E-state index in [1.165, 1.54) is 80.7 Å². The van der Waals surface area contributed by atoms with Crippen molar-refractivity contribution in [2.45, 2.75) is 0 Å². The van der Waals surface area contributed by atoms with E-state index in [4.69, 9.17) is 0 Å². The van der Waals surface area contributed by atoms with Crippen molar-refractivity contribution in [1.29, 1.82) is 0 Å². The molecule has 1 heterocycles. The van der Waals surface area contributed by atoms with Crippen molar-refractivity contribution in [1.82, 2.24) is 0 Å². The summed E-state index contributed by atoms with van der Waals surface area (Å²) in [7, 11) is 0. The molecule has 2 heteroatoms. The van der Waals surface area contributed by atoms with Crippen molar-refractivity contribution in [2.24, 2.45) is 0 Å². The molecule has 0 saturated heterocycles. The summed E-state index contributed by atoms with van der Waals surface area (Å²) in [5.74, 6) is 0. The SMILES string of the molecule is c1ccc(-c2ccccc2-c2ccccc2-c2ccccc2N(c2ccc(-c3cccc4sc5ccccc5c34)cc2)c2ccc3c(ccc4ccccc43)c2)cc1. The second-order valence-corrected chi connectivity index (χ2v) is 15.9. The number of para-hydroxylation sites is 1. The number of nitrogens with zero attached hydrogens (tertiary/aromatic N) is 1. The smallest absolute Gasteiger partial charge is 0.0540 e. The van der Waals surface area contributed by atoms with Crippen LogP contribution in [0.5, 0.6) is 0 Å². The Morgan fingerprint density at radius 3 is 1.64 bits per heavy atom. The zero-order valence-corrected chi connectivity index (χ0v) is 32.5. The Bertz CT molecular complexity index is 3290. The van der Waals surface area contributed by atoms with Gasteiger partial charge in [-0.05, 0) is 103 Å². The molecule has 1 nitrogen and oxygen atoms in total. The van der Waals surface area contributed by atoms with E-state index in [9.17, 15) is 0 Å². The van der Waals surface area contributed by atoms with Gasteiger partial charge in [0.05, 0.1) is 5.69 Å². The summed E-state index contributed by atoms with van der Waals surface area (Å²) >= 11 is 1.86. The second kappa shape index (κ2) is 14.4. The van der Waals surface area contributed by atoms with Gasteiger partial charge < -0.3 is 4.90 Å². The first-order valence-electron chi connectivity index (χ1n) is 19.8. The predicted octanol–water partition coefficient (Wildman–Crippen LogP) is 16.5. The van der Waals surface area contributed by atoms with Crippen LogP contribution in [0.4, 0.5) is 17.1 Å². The molecule has 272 valence electrons. The molecule has 10 aromatic carbocycles. The molecule has 0 spiro atoms. The maximum atomic E-state index is 2.44. The second-order valence-electron chi connectivity index (χ2n) is 14.8. The zero-order valence-electron chi connectivity index (χ0n) is 31.7. The van der Waals surface area contributed by atoms with Crippen LogP contribution in [0.3, 0.4) is 0 Å². The predicted molar refractivity (Wildman–Crippen MR) is 251 cm³/mol. The third kappa shape index (κ3) is 5.86. The van der Waals surface area contributed by atoms with Crippen molar-refractivity contribution >= 4 is 70.1 Å². The van der Waals surface area contributed by atoms with E-state index in [2.05, 4.69) is 229 Å². The first-order valence-corrected chi connectivity index (χ1v) is 20.7. The Morgan fingerprint density at radius 1 is 0.293 bits per heavy atom. The van der Waals surface area contributed by atoms with E-state index in [0.717, 1.165) is 22.6 Å². The average Bonchev–Trinajstić information content (AvgIpc) is 3.69. The van der Waals surface area contributed by atoms with Crippen LogP contribution in [0.15, 0.2) is 224 Å². The van der Waals surface area contributed by atoms with Crippen LogP contribution in [0.1, 0.15) is 0 Å². The van der Waals surface area contributed by atoms with Gasteiger partial charge in [-0.15, -0.1) is 11.3 Å². The molecule has 11 aromatic rings. The Hall–Kier alpha value is -7.26. The topological polar surface area (TPSA) is 3.24 Å². The van der Waals surface area contributed by atoms with Gasteiger partial charge in [0, 0.05) is 37.1 Å². The fourth-order valence-corrected chi connectivity index (χ4v) is 9.94. The number of hydrogen-bond acceptors (Lipinski definition) is 2. The molecule has 11 rings (SSSR count). The number of benzene rings is 10. The first-order chi connectivity index (χ1) is 28.8. The Balaban J connectivity index is 1.10. The average molecular weight is 756 g/mol. The number of fused-ring (bicyclic) bond motifs is 6. The van der Waals surface area contributed by atoms with Gasteiger partial charge in [0.2, 0.25) is 0 Å². The highest BCUT2D eigenvalue weighted by Gasteiger charge is 2.21. The van der Waals surface area contributed by atoms with E-state index in [0.29, 0.717) is 0 Å². The first kappa shape index (κ1) is 34.0. The molecule has 0 aliphatic carbocycles. The number of hydrogen-bond donors (Lipinski definition) is 0. The highest BCUT2D eigenvalue weighted by Crippen LogP contribution is 2.47. The van der Waals surface area contributed by atoms with Crippen molar-refractivity contribution in [3.63, 3.8) is 0 Å². The maximum absolute atomic E-state index is 2.44. The summed E-state index contributed by atoms with van der Waals surface area (Å²) in [5.41, 5.74) is 13.0. The Labute approximate surface area is 342 Å². The van der Waals surface area contributed by atoms with E-state index in [1.807, 2.05) is 11.3 Å². The van der Waals surface area contributed by atoms with Gasteiger partial charge in [-0.1, -0.05) is 182 Å². The molecule has 0 radical (unpaired) electrons. The number of anilines is 3. The van der Waals surface area contributed by atoms with Crippen molar-refractivity contribution in [3.8, 4) is 44.5 Å². The minimum Gasteiger partial charge on any atom is -0.310 e. The molecule has 58 heavy (non-hydrogen) atoms. The van der Waals surface area contributed by atoms with Gasteiger partial charge in [-0.25, -0.2) is 0 Å².